The van der Waals surface area contributed by atoms with E-state index < -0.39 is 35.3 Å². The Hall–Kier alpha value is -3.44. The summed E-state index contributed by atoms with van der Waals surface area (Å²) in [7, 11) is 0. The molecule has 0 bridgehead atoms. The van der Waals surface area contributed by atoms with Gasteiger partial charge in [0.05, 0.1) is 30.8 Å². The zero-order valence-electron chi connectivity index (χ0n) is 20.3. The number of pyridine rings is 2. The summed E-state index contributed by atoms with van der Waals surface area (Å²) in [5.41, 5.74) is 0.233. The molecule has 4 rings (SSSR count). The van der Waals surface area contributed by atoms with Crippen LogP contribution in [-0.4, -0.2) is 41.2 Å². The van der Waals surface area contributed by atoms with Crippen LogP contribution in [-0.2, 0) is 22.1 Å². The summed E-state index contributed by atoms with van der Waals surface area (Å²) >= 11 is 0. The number of anilines is 1. The van der Waals surface area contributed by atoms with Gasteiger partial charge in [0, 0.05) is 36.7 Å². The van der Waals surface area contributed by atoms with E-state index in [-0.39, 0.29) is 36.2 Å². The first-order valence-corrected chi connectivity index (χ1v) is 12.0. The summed E-state index contributed by atoms with van der Waals surface area (Å²) in [5.74, 6) is -2.33. The molecule has 0 aliphatic carbocycles. The number of ether oxygens (including phenoxy) is 1. The molecular weight excluding hydrogens is 507 g/mol. The molecule has 6 nitrogen and oxygen atoms in total. The number of rotatable bonds is 8. The molecule has 3 aromatic rings. The van der Waals surface area contributed by atoms with Crippen LogP contribution in [0.2, 0.25) is 0 Å². The maximum atomic E-state index is 14.7. The predicted molar refractivity (Wildman–Crippen MR) is 130 cm³/mol. The number of carbonyl (C=O) groups is 1. The molecule has 38 heavy (non-hydrogen) atoms. The normalized spacial score (nSPS) is 18.7. The molecule has 1 aliphatic heterocycles. The largest absolute Gasteiger partial charge is 0.433 e. The first-order valence-electron chi connectivity index (χ1n) is 12.0. The third kappa shape index (κ3) is 7.11. The van der Waals surface area contributed by atoms with Crippen molar-refractivity contribution >= 4 is 11.6 Å². The van der Waals surface area contributed by atoms with E-state index in [0.717, 1.165) is 18.5 Å². The maximum Gasteiger partial charge on any atom is 0.433 e. The average Bonchev–Trinajstić information content (AvgIpc) is 2.88. The molecule has 1 aromatic carbocycles. The van der Waals surface area contributed by atoms with Crippen LogP contribution in [0.5, 0.6) is 0 Å². The van der Waals surface area contributed by atoms with Crippen LogP contribution < -0.4 is 10.6 Å². The van der Waals surface area contributed by atoms with Crippen LogP contribution in [0.1, 0.15) is 41.1 Å². The lowest BCUT2D eigenvalue weighted by Gasteiger charge is -2.28. The number of nitrogens with zero attached hydrogens (tertiary/aromatic N) is 2. The molecule has 201 valence electrons. The number of aromatic nitrogens is 2. The van der Waals surface area contributed by atoms with Gasteiger partial charge >= 0.3 is 6.18 Å². The fraction of sp³-hybridized carbons (Fsp3) is 0.333. The lowest BCUT2D eigenvalue weighted by Crippen LogP contribution is -2.45. The molecule has 0 saturated carbocycles. The number of hydrogen-bond acceptors (Lipinski definition) is 5. The zero-order chi connectivity index (χ0) is 27.3. The number of halogens is 5. The Morgan fingerprint density at radius 1 is 1.11 bits per heavy atom. The molecule has 0 spiro atoms. The van der Waals surface area contributed by atoms with Gasteiger partial charge < -0.3 is 15.4 Å². The van der Waals surface area contributed by atoms with Gasteiger partial charge in [0.2, 0.25) is 5.91 Å². The van der Waals surface area contributed by atoms with E-state index >= 15 is 0 Å². The highest BCUT2D eigenvalue weighted by atomic mass is 19.4. The van der Waals surface area contributed by atoms with Gasteiger partial charge in [-0.25, -0.2) is 8.78 Å². The van der Waals surface area contributed by atoms with Gasteiger partial charge in [0.25, 0.3) is 0 Å². The van der Waals surface area contributed by atoms with E-state index in [1.807, 2.05) is 0 Å². The molecule has 1 aliphatic rings. The van der Waals surface area contributed by atoms with Crippen molar-refractivity contribution in [3.63, 3.8) is 0 Å². The molecule has 0 unspecified atom stereocenters. The number of carbonyl (C=O) groups excluding carboxylic acids is 1. The second-order valence-electron chi connectivity index (χ2n) is 9.08. The Morgan fingerprint density at radius 3 is 2.47 bits per heavy atom. The third-order valence-corrected chi connectivity index (χ3v) is 6.30. The predicted octanol–water partition coefficient (Wildman–Crippen LogP) is 5.06. The lowest BCUT2D eigenvalue weighted by atomic mass is 9.89. The van der Waals surface area contributed by atoms with Crippen LogP contribution in [0.15, 0.2) is 55.0 Å². The molecule has 11 heteroatoms. The summed E-state index contributed by atoms with van der Waals surface area (Å²) in [6, 6.07) is 7.37. The van der Waals surface area contributed by atoms with E-state index in [4.69, 9.17) is 4.74 Å². The van der Waals surface area contributed by atoms with Crippen molar-refractivity contribution in [3.8, 4) is 0 Å². The summed E-state index contributed by atoms with van der Waals surface area (Å²) in [4.78, 5) is 20.4. The molecule has 3 atom stereocenters. The molecule has 1 saturated heterocycles. The van der Waals surface area contributed by atoms with Crippen LogP contribution in [0.3, 0.4) is 0 Å². The van der Waals surface area contributed by atoms with Crippen LogP contribution in [0.4, 0.5) is 27.6 Å². The molecule has 2 N–H and O–H groups in total. The lowest BCUT2D eigenvalue weighted by molar-refractivity contribution is -0.141. The van der Waals surface area contributed by atoms with E-state index in [1.54, 1.807) is 0 Å². The van der Waals surface area contributed by atoms with Crippen molar-refractivity contribution in [2.24, 2.45) is 0 Å². The molecular formula is C27H26F5N4O2. The molecule has 3 heterocycles. The maximum absolute atomic E-state index is 14.7. The molecule has 1 radical (unpaired) electrons. The first-order chi connectivity index (χ1) is 18.1. The number of benzene rings is 1. The van der Waals surface area contributed by atoms with E-state index in [9.17, 15) is 26.7 Å². The van der Waals surface area contributed by atoms with Crippen molar-refractivity contribution in [1.82, 2.24) is 15.3 Å². The quantitative estimate of drug-likeness (QED) is 0.396. The smallest absolute Gasteiger partial charge is 0.375 e. The van der Waals surface area contributed by atoms with Gasteiger partial charge in [0.1, 0.15) is 17.3 Å². The number of amides is 1. The highest BCUT2D eigenvalue weighted by molar-refractivity contribution is 5.92. The molecule has 1 fully saturated rings. The van der Waals surface area contributed by atoms with Crippen LogP contribution in [0.25, 0.3) is 0 Å². The van der Waals surface area contributed by atoms with Crippen molar-refractivity contribution in [2.75, 3.05) is 18.5 Å². The molecule has 2 aromatic heterocycles. The zero-order valence-corrected chi connectivity index (χ0v) is 20.3. The van der Waals surface area contributed by atoms with Gasteiger partial charge in [-0.1, -0.05) is 18.2 Å². The van der Waals surface area contributed by atoms with E-state index in [0.29, 0.717) is 30.7 Å². The fourth-order valence-corrected chi connectivity index (χ4v) is 4.27. The minimum Gasteiger partial charge on any atom is -0.375 e. The topological polar surface area (TPSA) is 76.1 Å². The highest BCUT2D eigenvalue weighted by Crippen LogP contribution is 2.32. The average molecular weight is 534 g/mol. The van der Waals surface area contributed by atoms with E-state index in [2.05, 4.69) is 27.5 Å². The number of morpholine rings is 1. The summed E-state index contributed by atoms with van der Waals surface area (Å²) < 4.78 is 72.9. The van der Waals surface area contributed by atoms with Crippen molar-refractivity contribution in [2.45, 2.75) is 43.5 Å². The monoisotopic (exact) mass is 533 g/mol. The first kappa shape index (κ1) is 27.6. The third-order valence-electron chi connectivity index (χ3n) is 6.30. The molecule has 1 amide bonds. The van der Waals surface area contributed by atoms with Gasteiger partial charge in [-0.3, -0.25) is 14.8 Å². The second-order valence-corrected chi connectivity index (χ2v) is 9.08. The Bertz CT molecular complexity index is 1230. The summed E-state index contributed by atoms with van der Waals surface area (Å²) in [6.07, 6.45) is -0.736. The Labute approximate surface area is 216 Å². The number of nitrogens with one attached hydrogen (secondary N) is 2. The fourth-order valence-electron chi connectivity index (χ4n) is 4.27. The standard InChI is InChI=1S/C27H26F5N4O2/c1-16-15-38-20(12-34-16)7-8-21-23(29)13-33-14-24(21)36-26(37)10-22(17-2-5-19(28)6-3-17)18-4-9-25(35-11-18)27(30,31)32/h2-6,9,11,13-14,16,20,22,34H,1,7-8,10,12,15H2,(H,36,37)/t16-,20+,22-/m0/s1. The van der Waals surface area contributed by atoms with Crippen molar-refractivity contribution < 1.29 is 31.5 Å². The summed E-state index contributed by atoms with van der Waals surface area (Å²) in [5, 5.41) is 5.88. The number of hydrogen-bond donors (Lipinski definition) is 2. The Kier molecular flexibility index (Phi) is 8.68. The summed E-state index contributed by atoms with van der Waals surface area (Å²) in [6.45, 7) is 4.89. The minimum atomic E-state index is -4.62. The van der Waals surface area contributed by atoms with Crippen LogP contribution >= 0.6 is 0 Å². The highest BCUT2D eigenvalue weighted by Gasteiger charge is 2.32. The van der Waals surface area contributed by atoms with Crippen molar-refractivity contribution in [3.05, 3.63) is 95.9 Å². The van der Waals surface area contributed by atoms with Gasteiger partial charge in [-0.15, -0.1) is 0 Å². The minimum absolute atomic E-state index is 0.00678. The van der Waals surface area contributed by atoms with Crippen molar-refractivity contribution in [1.29, 1.82) is 0 Å². The second kappa shape index (κ2) is 12.0. The van der Waals surface area contributed by atoms with E-state index in [1.165, 1.54) is 36.5 Å². The van der Waals surface area contributed by atoms with Gasteiger partial charge in [0.15, 0.2) is 0 Å². The number of alkyl halides is 3. The van der Waals surface area contributed by atoms with Gasteiger partial charge in [-0.05, 0) is 49.1 Å². The SMILES string of the molecule is [CH2][C@H]1CO[C@H](CCc2c(F)cncc2NC(=O)C[C@@H](c2ccc(F)cc2)c2ccc(C(F)(F)F)nc2)CN1. The van der Waals surface area contributed by atoms with Crippen LogP contribution in [0, 0.1) is 18.6 Å². The Balaban J connectivity index is 1.51. The van der Waals surface area contributed by atoms with Gasteiger partial charge in [-0.2, -0.15) is 13.2 Å². The Morgan fingerprint density at radius 2 is 1.84 bits per heavy atom.